The van der Waals surface area contributed by atoms with E-state index < -0.39 is 5.97 Å². The molecule has 0 bridgehead atoms. The third-order valence-electron chi connectivity index (χ3n) is 2.99. The van der Waals surface area contributed by atoms with Crippen LogP contribution in [-0.4, -0.2) is 24.3 Å². The first-order valence-corrected chi connectivity index (χ1v) is 7.72. The number of esters is 1. The van der Waals surface area contributed by atoms with Crippen molar-refractivity contribution in [3.8, 4) is 0 Å². The van der Waals surface area contributed by atoms with Crippen molar-refractivity contribution in [2.45, 2.75) is 39.5 Å². The molecule has 0 spiro atoms. The van der Waals surface area contributed by atoms with Crippen LogP contribution in [0.4, 0.5) is 0 Å². The predicted molar refractivity (Wildman–Crippen MR) is 89.0 cm³/mol. The maximum atomic E-state index is 11.2. The first-order chi connectivity index (χ1) is 11.1. The molecular weight excluding hydrogens is 294 g/mol. The number of oxime groups is 1. The summed E-state index contributed by atoms with van der Waals surface area (Å²) in [6.45, 7) is 3.44. The lowest BCUT2D eigenvalue weighted by molar-refractivity contribution is -0.141. The molecule has 1 aromatic rings. The average molecular weight is 317 g/mol. The minimum absolute atomic E-state index is 0.352. The van der Waals surface area contributed by atoms with E-state index in [9.17, 15) is 9.59 Å². The van der Waals surface area contributed by atoms with Crippen LogP contribution in [-0.2, 0) is 25.6 Å². The fraction of sp³-hybridized carbons (Fsp3) is 0.389. The summed E-state index contributed by atoms with van der Waals surface area (Å²) in [6.07, 6.45) is 5.92. The van der Waals surface area contributed by atoms with Gasteiger partial charge in [0.15, 0.2) is 0 Å². The first kappa shape index (κ1) is 18.6. The van der Waals surface area contributed by atoms with Gasteiger partial charge in [-0.2, -0.15) is 0 Å². The Morgan fingerprint density at radius 2 is 1.91 bits per heavy atom. The molecule has 0 aliphatic heterocycles. The molecule has 0 atom stereocenters. The van der Waals surface area contributed by atoms with Crippen LogP contribution in [0.5, 0.6) is 0 Å². The Labute approximate surface area is 137 Å². The molecule has 0 heterocycles. The second-order valence-electron chi connectivity index (χ2n) is 4.92. The van der Waals surface area contributed by atoms with Gasteiger partial charge in [0.1, 0.15) is 0 Å². The normalized spacial score (nSPS) is 11.5. The van der Waals surface area contributed by atoms with Crippen molar-refractivity contribution in [2.24, 2.45) is 5.16 Å². The molecule has 0 amide bonds. The molecule has 0 fully saturated rings. The summed E-state index contributed by atoms with van der Waals surface area (Å²) in [5.74, 6) is -0.792. The molecule has 5 nitrogen and oxygen atoms in total. The van der Waals surface area contributed by atoms with Crippen molar-refractivity contribution >= 4 is 17.7 Å². The highest BCUT2D eigenvalue weighted by Crippen LogP contribution is 2.07. The second kappa shape index (κ2) is 11.2. The Morgan fingerprint density at radius 1 is 1.17 bits per heavy atom. The molecule has 0 aromatic heterocycles. The number of benzene rings is 1. The zero-order valence-corrected chi connectivity index (χ0v) is 13.7. The van der Waals surface area contributed by atoms with E-state index in [4.69, 9.17) is 9.57 Å². The lowest BCUT2D eigenvalue weighted by Gasteiger charge is -2.05. The first-order valence-electron chi connectivity index (χ1n) is 7.72. The SMILES string of the molecule is CCOC(=O)/C=C/CC/C(CCc1ccccc1)=N\OC(C)=O. The van der Waals surface area contributed by atoms with Crippen LogP contribution in [0.2, 0.25) is 0 Å². The van der Waals surface area contributed by atoms with E-state index in [0.717, 1.165) is 12.1 Å². The van der Waals surface area contributed by atoms with Crippen molar-refractivity contribution < 1.29 is 19.2 Å². The zero-order chi connectivity index (χ0) is 16.9. The van der Waals surface area contributed by atoms with Gasteiger partial charge in [0.05, 0.1) is 12.3 Å². The molecule has 0 saturated carbocycles. The zero-order valence-electron chi connectivity index (χ0n) is 13.7. The number of carbonyl (C=O) groups is 2. The smallest absolute Gasteiger partial charge is 0.331 e. The Morgan fingerprint density at radius 3 is 2.57 bits per heavy atom. The number of hydrogen-bond donors (Lipinski definition) is 0. The van der Waals surface area contributed by atoms with Crippen LogP contribution in [0.3, 0.4) is 0 Å². The predicted octanol–water partition coefficient (Wildman–Crippen LogP) is 3.44. The van der Waals surface area contributed by atoms with Gasteiger partial charge in [-0.3, -0.25) is 0 Å². The standard InChI is InChI=1S/C18H23NO4/c1-3-22-18(21)12-8-7-11-17(19-23-15(2)20)14-13-16-9-5-4-6-10-16/h4-6,8-10,12H,3,7,11,13-14H2,1-2H3/b12-8+,19-17+. The lowest BCUT2D eigenvalue weighted by atomic mass is 10.0. The lowest BCUT2D eigenvalue weighted by Crippen LogP contribution is -2.04. The highest BCUT2D eigenvalue weighted by molar-refractivity contribution is 5.85. The molecule has 5 heteroatoms. The third kappa shape index (κ3) is 9.24. The van der Waals surface area contributed by atoms with Crippen LogP contribution in [0, 0.1) is 0 Å². The highest BCUT2D eigenvalue weighted by atomic mass is 16.7. The van der Waals surface area contributed by atoms with Gasteiger partial charge >= 0.3 is 11.9 Å². The number of ether oxygens (including phenoxy) is 1. The Kier molecular flexibility index (Phi) is 9.05. The topological polar surface area (TPSA) is 65.0 Å². The van der Waals surface area contributed by atoms with Crippen molar-refractivity contribution in [1.82, 2.24) is 0 Å². The second-order valence-corrected chi connectivity index (χ2v) is 4.92. The molecular formula is C18H23NO4. The quantitative estimate of drug-likeness (QED) is 0.230. The van der Waals surface area contributed by atoms with Gasteiger partial charge in [0, 0.05) is 13.0 Å². The van der Waals surface area contributed by atoms with E-state index in [0.29, 0.717) is 25.9 Å². The summed E-state index contributed by atoms with van der Waals surface area (Å²) in [6, 6.07) is 10.0. The number of rotatable bonds is 9. The van der Waals surface area contributed by atoms with E-state index in [2.05, 4.69) is 5.16 Å². The molecule has 0 unspecified atom stereocenters. The molecule has 0 N–H and O–H groups in total. The molecule has 1 aromatic carbocycles. The molecule has 23 heavy (non-hydrogen) atoms. The fourth-order valence-corrected chi connectivity index (χ4v) is 1.90. The van der Waals surface area contributed by atoms with Crippen molar-refractivity contribution in [2.75, 3.05) is 6.61 Å². The van der Waals surface area contributed by atoms with Crippen LogP contribution < -0.4 is 0 Å². The molecule has 124 valence electrons. The largest absolute Gasteiger partial charge is 0.463 e. The number of nitrogens with zero attached hydrogens (tertiary/aromatic N) is 1. The summed E-state index contributed by atoms with van der Waals surface area (Å²) in [4.78, 5) is 26.9. The van der Waals surface area contributed by atoms with Gasteiger partial charge in [-0.1, -0.05) is 41.6 Å². The van der Waals surface area contributed by atoms with Crippen molar-refractivity contribution in [3.05, 3.63) is 48.0 Å². The summed E-state index contributed by atoms with van der Waals surface area (Å²) in [7, 11) is 0. The van der Waals surface area contributed by atoms with Gasteiger partial charge < -0.3 is 9.57 Å². The molecule has 0 saturated heterocycles. The third-order valence-corrected chi connectivity index (χ3v) is 2.99. The van der Waals surface area contributed by atoms with Gasteiger partial charge in [-0.25, -0.2) is 9.59 Å². The summed E-state index contributed by atoms with van der Waals surface area (Å²) >= 11 is 0. The van der Waals surface area contributed by atoms with Crippen LogP contribution in [0.1, 0.15) is 38.7 Å². The summed E-state index contributed by atoms with van der Waals surface area (Å²) in [5, 5.41) is 3.91. The summed E-state index contributed by atoms with van der Waals surface area (Å²) in [5.41, 5.74) is 1.99. The fourth-order valence-electron chi connectivity index (χ4n) is 1.90. The maximum Gasteiger partial charge on any atom is 0.331 e. The van der Waals surface area contributed by atoms with E-state index in [-0.39, 0.29) is 5.97 Å². The average Bonchev–Trinajstić information content (AvgIpc) is 2.54. The van der Waals surface area contributed by atoms with Crippen LogP contribution in [0.25, 0.3) is 0 Å². The number of hydrogen-bond acceptors (Lipinski definition) is 5. The number of carbonyl (C=O) groups excluding carboxylic acids is 2. The monoisotopic (exact) mass is 317 g/mol. The minimum atomic E-state index is -0.440. The van der Waals surface area contributed by atoms with Crippen LogP contribution >= 0.6 is 0 Å². The Balaban J connectivity index is 2.50. The highest BCUT2D eigenvalue weighted by Gasteiger charge is 2.03. The molecule has 0 aliphatic rings. The number of allylic oxidation sites excluding steroid dienone is 1. The maximum absolute atomic E-state index is 11.2. The van der Waals surface area contributed by atoms with Crippen LogP contribution in [0.15, 0.2) is 47.6 Å². The van der Waals surface area contributed by atoms with Gasteiger partial charge in [-0.15, -0.1) is 0 Å². The van der Waals surface area contributed by atoms with Crippen molar-refractivity contribution in [1.29, 1.82) is 0 Å². The molecule has 1 rings (SSSR count). The minimum Gasteiger partial charge on any atom is -0.463 e. The van der Waals surface area contributed by atoms with Crippen molar-refractivity contribution in [3.63, 3.8) is 0 Å². The van der Waals surface area contributed by atoms with E-state index in [1.165, 1.54) is 18.6 Å². The van der Waals surface area contributed by atoms with Gasteiger partial charge in [-0.05, 0) is 38.2 Å². The Bertz CT molecular complexity index is 549. The van der Waals surface area contributed by atoms with E-state index in [1.54, 1.807) is 13.0 Å². The van der Waals surface area contributed by atoms with E-state index in [1.807, 2.05) is 30.3 Å². The number of aryl methyl sites for hydroxylation is 1. The van der Waals surface area contributed by atoms with E-state index >= 15 is 0 Å². The van der Waals surface area contributed by atoms with Gasteiger partial charge in [0.2, 0.25) is 0 Å². The molecule has 0 radical (unpaired) electrons. The molecule has 0 aliphatic carbocycles. The van der Waals surface area contributed by atoms with Gasteiger partial charge in [0.25, 0.3) is 0 Å². The summed E-state index contributed by atoms with van der Waals surface area (Å²) < 4.78 is 4.81. The Hall–Kier alpha value is -2.43.